The fraction of sp³-hybridized carbons (Fsp3) is 0.632. The molecule has 1 saturated heterocycles. The number of fused-ring (bicyclic) bond motifs is 3. The number of ketones is 1. The summed E-state index contributed by atoms with van der Waals surface area (Å²) < 4.78 is 10.6. The zero-order chi connectivity index (χ0) is 20.9. The molecule has 1 fully saturated rings. The van der Waals surface area contributed by atoms with Crippen molar-refractivity contribution in [2.75, 3.05) is 13.7 Å². The first-order valence-corrected chi connectivity index (χ1v) is 9.51. The molecule has 1 aromatic carbocycles. The highest BCUT2D eigenvalue weighted by Crippen LogP contribution is 2.45. The number of aliphatic hydroxyl groups is 1. The van der Waals surface area contributed by atoms with Gasteiger partial charge in [0.15, 0.2) is 11.5 Å². The molecule has 2 aliphatic rings. The Hall–Kier alpha value is -1.75. The quantitative estimate of drug-likeness (QED) is 0.423. The predicted molar refractivity (Wildman–Crippen MR) is 104 cm³/mol. The summed E-state index contributed by atoms with van der Waals surface area (Å²) in [5.74, 6) is -0.635. The largest absolute Gasteiger partial charge is 0.493 e. The number of nitrogens with zero attached hydrogens (tertiary/aromatic N) is 1. The molecule has 28 heavy (non-hydrogen) atoms. The third-order valence-corrected chi connectivity index (χ3v) is 5.60. The lowest BCUT2D eigenvalue weighted by Gasteiger charge is -2.53. The summed E-state index contributed by atoms with van der Waals surface area (Å²) in [5.41, 5.74) is 25.6. The molecule has 9 nitrogen and oxygen atoms in total. The highest BCUT2D eigenvalue weighted by Gasteiger charge is 2.51. The van der Waals surface area contributed by atoms with Gasteiger partial charge < -0.3 is 26.0 Å². The number of carbonyl (C=O) groups excluding carboxylic acids is 1. The number of hydrogen-bond donors (Lipinski definition) is 5. The topological polar surface area (TPSA) is 163 Å². The highest BCUT2D eigenvalue weighted by molar-refractivity contribution is 5.84. The van der Waals surface area contributed by atoms with E-state index in [1.165, 1.54) is 7.11 Å². The molecule has 0 aromatic heterocycles. The number of carbonyl (C=O) groups is 1. The maximum atomic E-state index is 12.9. The van der Waals surface area contributed by atoms with Crippen molar-refractivity contribution in [1.29, 1.82) is 0 Å². The van der Waals surface area contributed by atoms with Crippen molar-refractivity contribution in [3.05, 3.63) is 23.3 Å². The second-order valence-corrected chi connectivity index (χ2v) is 8.25. The molecule has 1 aromatic rings. The maximum absolute atomic E-state index is 12.9. The van der Waals surface area contributed by atoms with Crippen molar-refractivity contribution in [3.63, 3.8) is 0 Å². The van der Waals surface area contributed by atoms with Crippen LogP contribution < -0.4 is 32.4 Å². The molecule has 9 heteroatoms. The number of nitrogens with two attached hydrogens (primary N) is 4. The van der Waals surface area contributed by atoms with Crippen LogP contribution in [0, 0.1) is 11.8 Å². The number of methoxy groups -OCH3 is 1. The van der Waals surface area contributed by atoms with Crippen LogP contribution in [0.5, 0.6) is 11.5 Å². The monoisotopic (exact) mass is 393 g/mol. The van der Waals surface area contributed by atoms with Crippen LogP contribution >= 0.6 is 0 Å². The van der Waals surface area contributed by atoms with Crippen LogP contribution in [-0.2, 0) is 11.2 Å². The minimum absolute atomic E-state index is 0.0744. The molecule has 2 aliphatic heterocycles. The van der Waals surface area contributed by atoms with Gasteiger partial charge >= 0.3 is 6.03 Å². The Bertz CT molecular complexity index is 759. The van der Waals surface area contributed by atoms with Crippen LogP contribution in [0.1, 0.15) is 43.9 Å². The van der Waals surface area contributed by atoms with E-state index >= 15 is 0 Å². The van der Waals surface area contributed by atoms with E-state index in [1.54, 1.807) is 12.1 Å². The van der Waals surface area contributed by atoms with Gasteiger partial charge in [-0.05, 0) is 42.0 Å². The molecule has 2 heterocycles. The van der Waals surface area contributed by atoms with Crippen molar-refractivity contribution in [3.8, 4) is 11.5 Å². The van der Waals surface area contributed by atoms with Crippen LogP contribution in [0.2, 0.25) is 0 Å². The smallest absolute Gasteiger partial charge is 0.328 e. The van der Waals surface area contributed by atoms with Crippen LogP contribution in [0.3, 0.4) is 0 Å². The molecule has 0 amide bonds. The minimum atomic E-state index is -2.32. The Balaban J connectivity index is 1.99. The Kier molecular flexibility index (Phi) is 5.43. The minimum Gasteiger partial charge on any atom is -0.493 e. The lowest BCUT2D eigenvalue weighted by molar-refractivity contribution is -0.141. The van der Waals surface area contributed by atoms with Gasteiger partial charge in [-0.2, -0.15) is 0 Å². The fourth-order valence-electron chi connectivity index (χ4n) is 4.39. The van der Waals surface area contributed by atoms with Gasteiger partial charge in [0.2, 0.25) is 0 Å². The van der Waals surface area contributed by atoms with Crippen molar-refractivity contribution < 1.29 is 19.4 Å². The third kappa shape index (κ3) is 3.86. The highest BCUT2D eigenvalue weighted by atomic mass is 16.7. The standard InChI is InChI=1S/C19H31N5O4/c1-10(2)6-13-15(25)9-14-12-8-16(27-3)17(28-19(22,23)26)7-11(12)4-5-24(14)18(13,20)21/h7-8,10,13-14,26H,4-6,9,20-23H2,1-3H3. The Morgan fingerprint density at radius 3 is 2.57 bits per heavy atom. The number of rotatable bonds is 5. The zero-order valence-electron chi connectivity index (χ0n) is 16.6. The number of hydrogen-bond acceptors (Lipinski definition) is 9. The van der Waals surface area contributed by atoms with Gasteiger partial charge in [0.1, 0.15) is 11.6 Å². The zero-order valence-corrected chi connectivity index (χ0v) is 16.6. The van der Waals surface area contributed by atoms with Crippen LogP contribution in [0.4, 0.5) is 0 Å². The molecule has 3 rings (SSSR count). The normalized spacial score (nSPS) is 24.7. The summed E-state index contributed by atoms with van der Waals surface area (Å²) in [5, 5.41) is 9.58. The van der Waals surface area contributed by atoms with Gasteiger partial charge in [0, 0.05) is 19.0 Å². The second kappa shape index (κ2) is 7.25. The van der Waals surface area contributed by atoms with Crippen LogP contribution in [0.15, 0.2) is 12.1 Å². The van der Waals surface area contributed by atoms with Gasteiger partial charge in [-0.25, -0.2) is 0 Å². The average Bonchev–Trinajstić information content (AvgIpc) is 2.56. The molecular formula is C19H31N5O4. The molecule has 0 saturated carbocycles. The fourth-order valence-corrected chi connectivity index (χ4v) is 4.39. The first-order chi connectivity index (χ1) is 12.9. The first kappa shape index (κ1) is 21.0. The second-order valence-electron chi connectivity index (χ2n) is 8.25. The van der Waals surface area contributed by atoms with E-state index in [0.29, 0.717) is 37.5 Å². The van der Waals surface area contributed by atoms with Gasteiger partial charge in [-0.15, -0.1) is 0 Å². The number of benzene rings is 1. The Morgan fingerprint density at radius 1 is 1.32 bits per heavy atom. The van der Waals surface area contributed by atoms with E-state index in [-0.39, 0.29) is 17.6 Å². The molecule has 0 aliphatic carbocycles. The molecule has 0 radical (unpaired) electrons. The molecule has 2 unspecified atom stereocenters. The third-order valence-electron chi connectivity index (χ3n) is 5.60. The Labute approximate surface area is 164 Å². The number of ether oxygens (including phenoxy) is 2. The van der Waals surface area contributed by atoms with E-state index in [0.717, 1.165) is 11.1 Å². The number of Topliss-reactive ketones (excluding diaryl/α,β-unsaturated/α-hetero) is 1. The van der Waals surface area contributed by atoms with Crippen molar-refractivity contribution >= 4 is 5.78 Å². The lowest BCUT2D eigenvalue weighted by atomic mass is 9.75. The predicted octanol–water partition coefficient (Wildman–Crippen LogP) is -0.299. The summed E-state index contributed by atoms with van der Waals surface area (Å²) in [4.78, 5) is 14.9. The van der Waals surface area contributed by atoms with E-state index in [2.05, 4.69) is 13.8 Å². The van der Waals surface area contributed by atoms with E-state index in [1.807, 2.05) is 4.90 Å². The summed E-state index contributed by atoms with van der Waals surface area (Å²) in [6, 6.07) is 0.943. The molecule has 156 valence electrons. The summed E-state index contributed by atoms with van der Waals surface area (Å²) in [6.07, 6.45) is 1.64. The maximum Gasteiger partial charge on any atom is 0.328 e. The van der Waals surface area contributed by atoms with Gasteiger partial charge in [0.05, 0.1) is 13.0 Å². The number of piperidine rings is 1. The molecule has 9 N–H and O–H groups in total. The van der Waals surface area contributed by atoms with Crippen molar-refractivity contribution in [2.24, 2.45) is 34.8 Å². The molecule has 2 atom stereocenters. The summed E-state index contributed by atoms with van der Waals surface area (Å²) in [7, 11) is 1.47. The Morgan fingerprint density at radius 2 is 2.00 bits per heavy atom. The van der Waals surface area contributed by atoms with E-state index in [4.69, 9.17) is 32.4 Å². The van der Waals surface area contributed by atoms with Crippen LogP contribution in [0.25, 0.3) is 0 Å². The summed E-state index contributed by atoms with van der Waals surface area (Å²) >= 11 is 0. The van der Waals surface area contributed by atoms with E-state index < -0.39 is 17.7 Å². The SMILES string of the molecule is COc1cc2c(cc1OC(N)(N)O)CCN1C2CC(=O)C(CC(C)C)C1(N)N. The van der Waals surface area contributed by atoms with Gasteiger partial charge in [-0.1, -0.05) is 13.8 Å². The summed E-state index contributed by atoms with van der Waals surface area (Å²) in [6.45, 7) is 4.72. The van der Waals surface area contributed by atoms with Gasteiger partial charge in [-0.3, -0.25) is 21.2 Å². The molecule has 0 bridgehead atoms. The van der Waals surface area contributed by atoms with E-state index in [9.17, 15) is 9.90 Å². The molecule has 0 spiro atoms. The average molecular weight is 393 g/mol. The van der Waals surface area contributed by atoms with Crippen molar-refractivity contribution in [1.82, 2.24) is 4.90 Å². The van der Waals surface area contributed by atoms with Gasteiger partial charge in [0.25, 0.3) is 0 Å². The molecular weight excluding hydrogens is 362 g/mol. The van der Waals surface area contributed by atoms with Crippen LogP contribution in [-0.4, -0.2) is 41.3 Å². The van der Waals surface area contributed by atoms with Crippen molar-refractivity contribution in [2.45, 2.75) is 51.0 Å². The first-order valence-electron chi connectivity index (χ1n) is 9.51. The lowest BCUT2D eigenvalue weighted by Crippen LogP contribution is -2.73.